The zero-order valence-electron chi connectivity index (χ0n) is 14.5. The van der Waals surface area contributed by atoms with Gasteiger partial charge in [-0.1, -0.05) is 0 Å². The molecule has 0 saturated heterocycles. The van der Waals surface area contributed by atoms with Crippen LogP contribution < -0.4 is 15.4 Å². The second kappa shape index (κ2) is 8.50. The van der Waals surface area contributed by atoms with Crippen LogP contribution in [-0.2, 0) is 9.59 Å². The Bertz CT molecular complexity index is 653. The summed E-state index contributed by atoms with van der Waals surface area (Å²) in [6.45, 7) is 4.14. The van der Waals surface area contributed by atoms with Gasteiger partial charge in [-0.25, -0.2) is 4.79 Å². The van der Waals surface area contributed by atoms with E-state index >= 15 is 0 Å². The third-order valence-corrected chi connectivity index (χ3v) is 3.69. The minimum atomic E-state index is -1.07. The van der Waals surface area contributed by atoms with Gasteiger partial charge < -0.3 is 20.5 Å². The Morgan fingerprint density at radius 1 is 1.28 bits per heavy atom. The summed E-state index contributed by atoms with van der Waals surface area (Å²) in [5, 5.41) is 14.6. The van der Waals surface area contributed by atoms with Crippen LogP contribution in [-0.4, -0.2) is 35.5 Å². The molecule has 136 valence electrons. The van der Waals surface area contributed by atoms with Crippen LogP contribution in [0, 0.1) is 5.92 Å². The van der Waals surface area contributed by atoms with E-state index in [0.717, 1.165) is 12.8 Å². The summed E-state index contributed by atoms with van der Waals surface area (Å²) in [6.07, 6.45) is 2.53. The van der Waals surface area contributed by atoms with Gasteiger partial charge in [0, 0.05) is 18.9 Å². The van der Waals surface area contributed by atoms with Crippen LogP contribution in [0.15, 0.2) is 18.2 Å². The Labute approximate surface area is 146 Å². The number of benzene rings is 1. The molecule has 2 amide bonds. The SMILES string of the molecule is CC(C)Oc1ccc(C(=O)O)cc1NC(=O)CCCNC(=O)C1CC1. The summed E-state index contributed by atoms with van der Waals surface area (Å²) in [6, 6.07) is 4.35. The number of hydrogen-bond acceptors (Lipinski definition) is 4. The third-order valence-electron chi connectivity index (χ3n) is 3.69. The van der Waals surface area contributed by atoms with Crippen LogP contribution in [0.5, 0.6) is 5.75 Å². The number of anilines is 1. The van der Waals surface area contributed by atoms with E-state index < -0.39 is 5.97 Å². The zero-order chi connectivity index (χ0) is 18.4. The van der Waals surface area contributed by atoms with Gasteiger partial charge in [-0.3, -0.25) is 9.59 Å². The second-order valence-electron chi connectivity index (χ2n) is 6.40. The number of carbonyl (C=O) groups excluding carboxylic acids is 2. The summed E-state index contributed by atoms with van der Waals surface area (Å²) < 4.78 is 5.61. The van der Waals surface area contributed by atoms with E-state index in [4.69, 9.17) is 9.84 Å². The van der Waals surface area contributed by atoms with Gasteiger partial charge in [0.1, 0.15) is 5.75 Å². The molecule has 0 aliphatic heterocycles. The first kappa shape index (κ1) is 18.8. The van der Waals surface area contributed by atoms with E-state index in [2.05, 4.69) is 10.6 Å². The monoisotopic (exact) mass is 348 g/mol. The largest absolute Gasteiger partial charge is 0.489 e. The van der Waals surface area contributed by atoms with Crippen molar-refractivity contribution in [2.24, 2.45) is 5.92 Å². The maximum absolute atomic E-state index is 12.1. The smallest absolute Gasteiger partial charge is 0.335 e. The van der Waals surface area contributed by atoms with E-state index in [9.17, 15) is 14.4 Å². The van der Waals surface area contributed by atoms with Crippen LogP contribution in [0.1, 0.15) is 49.9 Å². The van der Waals surface area contributed by atoms with Gasteiger partial charge in [0.25, 0.3) is 0 Å². The number of ether oxygens (including phenoxy) is 1. The van der Waals surface area contributed by atoms with Crippen molar-refractivity contribution < 1.29 is 24.2 Å². The Balaban J connectivity index is 1.89. The normalized spacial score (nSPS) is 13.4. The summed E-state index contributed by atoms with van der Waals surface area (Å²) in [7, 11) is 0. The molecule has 0 spiro atoms. The topological polar surface area (TPSA) is 105 Å². The number of nitrogens with one attached hydrogen (secondary N) is 2. The average molecular weight is 348 g/mol. The van der Waals surface area contributed by atoms with Gasteiger partial charge in [-0.05, 0) is 51.3 Å². The molecular weight excluding hydrogens is 324 g/mol. The van der Waals surface area contributed by atoms with Crippen molar-refractivity contribution in [1.29, 1.82) is 0 Å². The number of carboxylic acid groups (broad SMARTS) is 1. The van der Waals surface area contributed by atoms with Crippen molar-refractivity contribution in [2.45, 2.75) is 45.6 Å². The molecule has 0 radical (unpaired) electrons. The first-order valence-electron chi connectivity index (χ1n) is 8.48. The fraction of sp³-hybridized carbons (Fsp3) is 0.500. The highest BCUT2D eigenvalue weighted by molar-refractivity contribution is 5.95. The minimum Gasteiger partial charge on any atom is -0.489 e. The minimum absolute atomic E-state index is 0.0576. The average Bonchev–Trinajstić information content (AvgIpc) is 3.37. The zero-order valence-corrected chi connectivity index (χ0v) is 14.5. The maximum Gasteiger partial charge on any atom is 0.335 e. The van der Waals surface area contributed by atoms with Crippen molar-refractivity contribution in [3.05, 3.63) is 23.8 Å². The van der Waals surface area contributed by atoms with Gasteiger partial charge >= 0.3 is 5.97 Å². The number of rotatable bonds is 9. The Kier molecular flexibility index (Phi) is 6.38. The van der Waals surface area contributed by atoms with Crippen molar-refractivity contribution in [3.63, 3.8) is 0 Å². The Morgan fingerprint density at radius 3 is 2.60 bits per heavy atom. The van der Waals surface area contributed by atoms with Crippen LogP contribution in [0.4, 0.5) is 5.69 Å². The van der Waals surface area contributed by atoms with E-state index in [1.807, 2.05) is 13.8 Å². The molecule has 25 heavy (non-hydrogen) atoms. The lowest BCUT2D eigenvalue weighted by atomic mass is 10.1. The van der Waals surface area contributed by atoms with Crippen LogP contribution in [0.3, 0.4) is 0 Å². The lowest BCUT2D eigenvalue weighted by molar-refractivity contribution is -0.122. The molecule has 0 bridgehead atoms. The Morgan fingerprint density at radius 2 is 2.00 bits per heavy atom. The third kappa shape index (κ3) is 6.10. The van der Waals surface area contributed by atoms with Gasteiger partial charge in [0.05, 0.1) is 17.4 Å². The fourth-order valence-corrected chi connectivity index (χ4v) is 2.28. The van der Waals surface area contributed by atoms with Gasteiger partial charge in [0.15, 0.2) is 0 Å². The van der Waals surface area contributed by atoms with Crippen molar-refractivity contribution in [1.82, 2.24) is 5.32 Å². The van der Waals surface area contributed by atoms with Crippen molar-refractivity contribution >= 4 is 23.5 Å². The molecule has 3 N–H and O–H groups in total. The molecule has 0 unspecified atom stereocenters. The van der Waals surface area contributed by atoms with E-state index in [1.54, 1.807) is 0 Å². The second-order valence-corrected chi connectivity index (χ2v) is 6.40. The summed E-state index contributed by atoms with van der Waals surface area (Å²) in [5.41, 5.74) is 0.406. The molecule has 1 saturated carbocycles. The highest BCUT2D eigenvalue weighted by Gasteiger charge is 2.29. The first-order chi connectivity index (χ1) is 11.9. The molecule has 7 nitrogen and oxygen atoms in total. The van der Waals surface area contributed by atoms with E-state index in [-0.39, 0.29) is 35.8 Å². The molecule has 0 atom stereocenters. The lowest BCUT2D eigenvalue weighted by Crippen LogP contribution is -2.26. The number of aromatic carboxylic acids is 1. The molecule has 1 aliphatic rings. The molecule has 1 aromatic rings. The number of hydrogen-bond donors (Lipinski definition) is 3. The lowest BCUT2D eigenvalue weighted by Gasteiger charge is -2.15. The standard InChI is InChI=1S/C18H24N2O5/c1-11(2)25-15-8-7-13(18(23)24)10-14(15)20-16(21)4-3-9-19-17(22)12-5-6-12/h7-8,10-12H,3-6,9H2,1-2H3,(H,19,22)(H,20,21)(H,23,24). The number of carboxylic acids is 1. The van der Waals surface area contributed by atoms with Crippen LogP contribution in [0.2, 0.25) is 0 Å². The van der Waals surface area contributed by atoms with Crippen LogP contribution >= 0.6 is 0 Å². The quantitative estimate of drug-likeness (QED) is 0.595. The van der Waals surface area contributed by atoms with E-state index in [0.29, 0.717) is 24.4 Å². The molecular formula is C18H24N2O5. The highest BCUT2D eigenvalue weighted by atomic mass is 16.5. The van der Waals surface area contributed by atoms with Crippen molar-refractivity contribution in [2.75, 3.05) is 11.9 Å². The fourth-order valence-electron chi connectivity index (χ4n) is 2.28. The molecule has 2 rings (SSSR count). The van der Waals surface area contributed by atoms with Gasteiger partial charge in [-0.15, -0.1) is 0 Å². The van der Waals surface area contributed by atoms with Crippen molar-refractivity contribution in [3.8, 4) is 5.75 Å². The summed E-state index contributed by atoms with van der Waals surface area (Å²) in [5.74, 6) is -0.688. The number of carbonyl (C=O) groups is 3. The van der Waals surface area contributed by atoms with E-state index in [1.165, 1.54) is 18.2 Å². The molecule has 0 heterocycles. The molecule has 1 aromatic carbocycles. The Hall–Kier alpha value is -2.57. The highest BCUT2D eigenvalue weighted by Crippen LogP contribution is 2.29. The molecule has 1 fully saturated rings. The van der Waals surface area contributed by atoms with Crippen LogP contribution in [0.25, 0.3) is 0 Å². The first-order valence-corrected chi connectivity index (χ1v) is 8.48. The predicted molar refractivity (Wildman–Crippen MR) is 92.8 cm³/mol. The predicted octanol–water partition coefficient (Wildman–Crippen LogP) is 2.42. The maximum atomic E-state index is 12.1. The van der Waals surface area contributed by atoms with Gasteiger partial charge in [-0.2, -0.15) is 0 Å². The number of amides is 2. The molecule has 7 heteroatoms. The molecule has 1 aliphatic carbocycles. The summed E-state index contributed by atoms with van der Waals surface area (Å²) >= 11 is 0. The molecule has 0 aromatic heterocycles. The van der Waals surface area contributed by atoms with Gasteiger partial charge in [0.2, 0.25) is 11.8 Å². The summed E-state index contributed by atoms with van der Waals surface area (Å²) in [4.78, 5) is 34.7.